The lowest BCUT2D eigenvalue weighted by atomic mass is 9.96. The van der Waals surface area contributed by atoms with E-state index < -0.39 is 0 Å². The van der Waals surface area contributed by atoms with Crippen molar-refractivity contribution in [2.24, 2.45) is 5.73 Å². The maximum atomic E-state index is 5.91. The van der Waals surface area contributed by atoms with Crippen LogP contribution in [0.2, 0.25) is 0 Å². The van der Waals surface area contributed by atoms with Gasteiger partial charge in [0.05, 0.1) is 11.7 Å². The highest BCUT2D eigenvalue weighted by atomic mass is 32.2. The Morgan fingerprint density at radius 1 is 1.44 bits per heavy atom. The van der Waals surface area contributed by atoms with E-state index in [4.69, 9.17) is 10.8 Å². The largest absolute Gasteiger partial charge is 0.327 e. The Morgan fingerprint density at radius 2 is 2.22 bits per heavy atom. The molecule has 18 heavy (non-hydrogen) atoms. The Balaban J connectivity index is 1.78. The molecule has 0 bridgehead atoms. The molecule has 2 N–H and O–H groups in total. The first-order valence-corrected chi connectivity index (χ1v) is 8.32. The molecule has 1 aliphatic rings. The molecule has 1 heterocycles. The third-order valence-corrected chi connectivity index (χ3v) is 4.88. The van der Waals surface area contributed by atoms with E-state index in [1.807, 2.05) is 11.8 Å². The molecule has 0 amide bonds. The van der Waals surface area contributed by atoms with E-state index in [9.17, 15) is 0 Å². The molecule has 1 unspecified atom stereocenters. The molecule has 102 valence electrons. The summed E-state index contributed by atoms with van der Waals surface area (Å²) in [6.07, 6.45) is 9.94. The van der Waals surface area contributed by atoms with E-state index in [1.54, 1.807) is 0 Å². The number of hydrogen-bond donors (Lipinski definition) is 1. The van der Waals surface area contributed by atoms with Crippen LogP contribution in [0.25, 0.3) is 0 Å². The third-order valence-electron chi connectivity index (χ3n) is 3.72. The molecule has 0 saturated heterocycles. The maximum absolute atomic E-state index is 5.91. The standard InChI is InChI=1S/C14H25N3S/c1-2-12(15)10-18-11-13-8-9-17(16-13)14-6-4-3-5-7-14/h8-9,12,14H,2-7,10-11,15H2,1H3. The quantitative estimate of drug-likeness (QED) is 0.859. The summed E-state index contributed by atoms with van der Waals surface area (Å²) in [7, 11) is 0. The van der Waals surface area contributed by atoms with Crippen molar-refractivity contribution in [2.75, 3.05) is 5.75 Å². The van der Waals surface area contributed by atoms with Gasteiger partial charge in [-0.05, 0) is 25.3 Å². The summed E-state index contributed by atoms with van der Waals surface area (Å²) in [6, 6.07) is 3.14. The van der Waals surface area contributed by atoms with Crippen molar-refractivity contribution in [3.8, 4) is 0 Å². The van der Waals surface area contributed by atoms with E-state index in [2.05, 4.69) is 23.9 Å². The first kappa shape index (κ1) is 13.9. The molecule has 3 nitrogen and oxygen atoms in total. The molecule has 0 radical (unpaired) electrons. The minimum Gasteiger partial charge on any atom is -0.327 e. The van der Waals surface area contributed by atoms with E-state index in [0.717, 1.165) is 17.9 Å². The zero-order chi connectivity index (χ0) is 12.8. The fraction of sp³-hybridized carbons (Fsp3) is 0.786. The van der Waals surface area contributed by atoms with Gasteiger partial charge in [0.25, 0.3) is 0 Å². The molecule has 4 heteroatoms. The van der Waals surface area contributed by atoms with Crippen molar-refractivity contribution in [3.63, 3.8) is 0 Å². The summed E-state index contributed by atoms with van der Waals surface area (Å²) in [5.41, 5.74) is 7.12. The Kier molecular flexibility index (Phi) is 5.57. The second kappa shape index (κ2) is 7.19. The fourth-order valence-corrected chi connectivity index (χ4v) is 3.46. The van der Waals surface area contributed by atoms with Crippen LogP contribution in [-0.4, -0.2) is 21.6 Å². The minimum absolute atomic E-state index is 0.329. The van der Waals surface area contributed by atoms with Crippen molar-refractivity contribution >= 4 is 11.8 Å². The number of nitrogens with zero attached hydrogens (tertiary/aromatic N) is 2. The van der Waals surface area contributed by atoms with Gasteiger partial charge in [-0.1, -0.05) is 26.2 Å². The van der Waals surface area contributed by atoms with E-state index in [0.29, 0.717) is 12.1 Å². The SMILES string of the molecule is CCC(N)CSCc1ccn(C2CCCCC2)n1. The monoisotopic (exact) mass is 267 g/mol. The first-order chi connectivity index (χ1) is 8.79. The lowest BCUT2D eigenvalue weighted by Gasteiger charge is -2.21. The molecule has 1 atom stereocenters. The average molecular weight is 267 g/mol. The minimum atomic E-state index is 0.329. The molecule has 1 saturated carbocycles. The van der Waals surface area contributed by atoms with Crippen LogP contribution in [-0.2, 0) is 5.75 Å². The summed E-state index contributed by atoms with van der Waals surface area (Å²) in [5, 5.41) is 4.71. The van der Waals surface area contributed by atoms with Crippen LogP contribution >= 0.6 is 11.8 Å². The summed E-state index contributed by atoms with van der Waals surface area (Å²) in [6.45, 7) is 2.14. The average Bonchev–Trinajstić information content (AvgIpc) is 2.88. The number of aromatic nitrogens is 2. The highest BCUT2D eigenvalue weighted by Gasteiger charge is 2.15. The molecular weight excluding hydrogens is 242 g/mol. The topological polar surface area (TPSA) is 43.8 Å². The second-order valence-electron chi connectivity index (χ2n) is 5.26. The number of nitrogens with two attached hydrogens (primary N) is 1. The van der Waals surface area contributed by atoms with Gasteiger partial charge in [-0.2, -0.15) is 16.9 Å². The Morgan fingerprint density at radius 3 is 2.94 bits per heavy atom. The molecule has 1 aliphatic carbocycles. The third kappa shape index (κ3) is 4.02. The summed E-state index contributed by atoms with van der Waals surface area (Å²) in [5.74, 6) is 2.03. The summed E-state index contributed by atoms with van der Waals surface area (Å²) >= 11 is 1.90. The van der Waals surface area contributed by atoms with Crippen molar-refractivity contribution in [1.29, 1.82) is 0 Å². The van der Waals surface area contributed by atoms with Gasteiger partial charge < -0.3 is 5.73 Å². The van der Waals surface area contributed by atoms with Crippen molar-refractivity contribution in [1.82, 2.24) is 9.78 Å². The zero-order valence-electron chi connectivity index (χ0n) is 11.3. The summed E-state index contributed by atoms with van der Waals surface area (Å²) < 4.78 is 2.19. The van der Waals surface area contributed by atoms with Crippen LogP contribution in [0.4, 0.5) is 0 Å². The molecule has 0 aliphatic heterocycles. The molecule has 0 aromatic carbocycles. The molecule has 1 fully saturated rings. The van der Waals surface area contributed by atoms with Gasteiger partial charge in [-0.25, -0.2) is 0 Å². The maximum Gasteiger partial charge on any atom is 0.0723 e. The van der Waals surface area contributed by atoms with Gasteiger partial charge in [0.2, 0.25) is 0 Å². The number of rotatable bonds is 6. The highest BCUT2D eigenvalue weighted by molar-refractivity contribution is 7.98. The van der Waals surface area contributed by atoms with E-state index in [1.165, 1.54) is 37.8 Å². The van der Waals surface area contributed by atoms with E-state index in [-0.39, 0.29) is 0 Å². The molecule has 2 rings (SSSR count). The van der Waals surface area contributed by atoms with Crippen molar-refractivity contribution in [2.45, 2.75) is 63.3 Å². The first-order valence-electron chi connectivity index (χ1n) is 7.17. The van der Waals surface area contributed by atoms with E-state index >= 15 is 0 Å². The lowest BCUT2D eigenvalue weighted by molar-refractivity contribution is 0.328. The van der Waals surface area contributed by atoms with Crippen LogP contribution in [0.5, 0.6) is 0 Å². The molecule has 1 aromatic rings. The van der Waals surface area contributed by atoms with Gasteiger partial charge in [-0.15, -0.1) is 0 Å². The van der Waals surface area contributed by atoms with Crippen molar-refractivity contribution in [3.05, 3.63) is 18.0 Å². The van der Waals surface area contributed by atoms with Crippen LogP contribution in [0.3, 0.4) is 0 Å². The summed E-state index contributed by atoms with van der Waals surface area (Å²) in [4.78, 5) is 0. The van der Waals surface area contributed by atoms with Gasteiger partial charge in [0, 0.05) is 23.7 Å². The Bertz CT molecular complexity index is 345. The normalized spacial score (nSPS) is 19.0. The zero-order valence-corrected chi connectivity index (χ0v) is 12.2. The molecular formula is C14H25N3S. The Hall–Kier alpha value is -0.480. The van der Waals surface area contributed by atoms with Gasteiger partial charge >= 0.3 is 0 Å². The molecule has 0 spiro atoms. The number of hydrogen-bond acceptors (Lipinski definition) is 3. The lowest BCUT2D eigenvalue weighted by Crippen LogP contribution is -2.21. The van der Waals surface area contributed by atoms with Crippen LogP contribution in [0, 0.1) is 0 Å². The van der Waals surface area contributed by atoms with Crippen molar-refractivity contribution < 1.29 is 0 Å². The smallest absolute Gasteiger partial charge is 0.0723 e. The van der Waals surface area contributed by atoms with Crippen LogP contribution < -0.4 is 5.73 Å². The van der Waals surface area contributed by atoms with Crippen LogP contribution in [0.1, 0.15) is 57.2 Å². The number of thioether (sulfide) groups is 1. The predicted octanol–water partition coefficient (Wildman–Crippen LogP) is 3.36. The Labute approximate surface area is 115 Å². The van der Waals surface area contributed by atoms with Gasteiger partial charge in [-0.3, -0.25) is 4.68 Å². The second-order valence-corrected chi connectivity index (χ2v) is 6.29. The van der Waals surface area contributed by atoms with Crippen LogP contribution in [0.15, 0.2) is 12.3 Å². The highest BCUT2D eigenvalue weighted by Crippen LogP contribution is 2.27. The fourth-order valence-electron chi connectivity index (χ4n) is 2.44. The molecule has 1 aromatic heterocycles. The predicted molar refractivity (Wildman–Crippen MR) is 78.8 cm³/mol. The van der Waals surface area contributed by atoms with Gasteiger partial charge in [0.15, 0.2) is 0 Å². The van der Waals surface area contributed by atoms with Gasteiger partial charge in [0.1, 0.15) is 0 Å².